The highest BCUT2D eigenvalue weighted by molar-refractivity contribution is 6.51. The molecule has 0 spiro atoms. The van der Waals surface area contributed by atoms with Crippen LogP contribution in [0.2, 0.25) is 0 Å². The summed E-state index contributed by atoms with van der Waals surface area (Å²) in [4.78, 5) is 31.9. The van der Waals surface area contributed by atoms with E-state index in [2.05, 4.69) is 4.98 Å². The molecule has 1 fully saturated rings. The molecule has 4 rings (SSSR count). The molecule has 1 saturated heterocycles. The Morgan fingerprint density at radius 3 is 2.44 bits per heavy atom. The second-order valence-corrected chi connectivity index (χ2v) is 7.68. The molecule has 32 heavy (non-hydrogen) atoms. The van der Waals surface area contributed by atoms with Crippen LogP contribution < -0.4 is 9.64 Å². The van der Waals surface area contributed by atoms with Crippen molar-refractivity contribution in [3.8, 4) is 5.75 Å². The van der Waals surface area contributed by atoms with Crippen LogP contribution in [0, 0.1) is 13.8 Å². The first-order valence-corrected chi connectivity index (χ1v) is 10.4. The van der Waals surface area contributed by atoms with Crippen LogP contribution in [0.15, 0.2) is 72.6 Å². The number of carbonyl (C=O) groups excluding carboxylic acids is 2. The van der Waals surface area contributed by atoms with Gasteiger partial charge < -0.3 is 9.84 Å². The lowest BCUT2D eigenvalue weighted by Gasteiger charge is -2.25. The molecule has 1 atom stereocenters. The van der Waals surface area contributed by atoms with Crippen LogP contribution >= 0.6 is 0 Å². The number of Topliss-reactive ketones (excluding diaryl/α,β-unsaturated/α-hetero) is 1. The van der Waals surface area contributed by atoms with Gasteiger partial charge in [0.05, 0.1) is 18.2 Å². The molecule has 2 aromatic carbocycles. The number of hydrogen-bond donors (Lipinski definition) is 1. The number of nitrogens with zero attached hydrogens (tertiary/aromatic N) is 2. The number of aliphatic hydroxyl groups is 1. The highest BCUT2D eigenvalue weighted by atomic mass is 16.5. The summed E-state index contributed by atoms with van der Waals surface area (Å²) < 4.78 is 5.46. The monoisotopic (exact) mass is 428 g/mol. The van der Waals surface area contributed by atoms with Crippen molar-refractivity contribution in [1.29, 1.82) is 0 Å². The normalized spacial score (nSPS) is 17.6. The van der Waals surface area contributed by atoms with Crippen LogP contribution in [-0.2, 0) is 9.59 Å². The third-order valence-corrected chi connectivity index (χ3v) is 5.65. The van der Waals surface area contributed by atoms with Crippen LogP contribution in [0.25, 0.3) is 5.76 Å². The number of aryl methyl sites for hydroxylation is 2. The van der Waals surface area contributed by atoms with E-state index < -0.39 is 17.7 Å². The quantitative estimate of drug-likeness (QED) is 0.361. The molecule has 162 valence electrons. The van der Waals surface area contributed by atoms with E-state index in [1.54, 1.807) is 48.8 Å². The maximum atomic E-state index is 13.2. The topological polar surface area (TPSA) is 79.7 Å². The fraction of sp³-hybridized carbons (Fsp3) is 0.192. The van der Waals surface area contributed by atoms with Gasteiger partial charge in [0.2, 0.25) is 0 Å². The maximum Gasteiger partial charge on any atom is 0.300 e. The molecular formula is C26H24N2O4. The molecule has 1 aromatic heterocycles. The van der Waals surface area contributed by atoms with Crippen LogP contribution in [0.3, 0.4) is 0 Å². The number of ether oxygens (including phenoxy) is 1. The highest BCUT2D eigenvalue weighted by Gasteiger charge is 2.47. The summed E-state index contributed by atoms with van der Waals surface area (Å²) in [5, 5.41) is 11.1. The van der Waals surface area contributed by atoms with E-state index in [0.717, 1.165) is 11.1 Å². The van der Waals surface area contributed by atoms with Crippen molar-refractivity contribution in [3.05, 3.63) is 94.8 Å². The van der Waals surface area contributed by atoms with Gasteiger partial charge in [0, 0.05) is 23.6 Å². The number of carbonyl (C=O) groups is 2. The molecular weight excluding hydrogens is 404 g/mol. The summed E-state index contributed by atoms with van der Waals surface area (Å²) in [6.45, 7) is 6.34. The van der Waals surface area contributed by atoms with Crippen LogP contribution in [0.1, 0.15) is 35.2 Å². The molecule has 2 heterocycles. The van der Waals surface area contributed by atoms with E-state index in [-0.39, 0.29) is 11.3 Å². The SMILES string of the molecule is CCOc1ccc(/C(O)=C2\C(=O)C(=O)N(c3ccc(C)c(C)c3)C2c2cccnc2)cc1. The van der Waals surface area contributed by atoms with Crippen molar-refractivity contribution in [2.45, 2.75) is 26.8 Å². The van der Waals surface area contributed by atoms with Gasteiger partial charge in [-0.25, -0.2) is 0 Å². The van der Waals surface area contributed by atoms with Gasteiger partial charge in [-0.05, 0) is 79.9 Å². The van der Waals surface area contributed by atoms with E-state index in [4.69, 9.17) is 4.74 Å². The Morgan fingerprint density at radius 1 is 1.06 bits per heavy atom. The van der Waals surface area contributed by atoms with E-state index in [0.29, 0.717) is 29.2 Å². The first-order chi connectivity index (χ1) is 15.4. The van der Waals surface area contributed by atoms with Gasteiger partial charge >= 0.3 is 0 Å². The standard InChI is InChI=1S/C26H24N2O4/c1-4-32-21-11-8-18(9-12-21)24(29)22-23(19-6-5-13-27-15-19)28(26(31)25(22)30)20-10-7-16(2)17(3)14-20/h5-15,23,29H,4H2,1-3H3/b24-22+. The molecule has 6 nitrogen and oxygen atoms in total. The Balaban J connectivity index is 1.88. The number of benzene rings is 2. The minimum absolute atomic E-state index is 0.0328. The largest absolute Gasteiger partial charge is 0.507 e. The molecule has 1 aliphatic heterocycles. The predicted molar refractivity (Wildman–Crippen MR) is 123 cm³/mol. The smallest absolute Gasteiger partial charge is 0.300 e. The van der Waals surface area contributed by atoms with E-state index in [1.807, 2.05) is 39.0 Å². The minimum Gasteiger partial charge on any atom is -0.507 e. The number of anilines is 1. The van der Waals surface area contributed by atoms with Crippen molar-refractivity contribution in [3.63, 3.8) is 0 Å². The second kappa shape index (κ2) is 8.67. The number of pyridine rings is 1. The molecule has 0 radical (unpaired) electrons. The maximum absolute atomic E-state index is 13.2. The average molecular weight is 428 g/mol. The van der Waals surface area contributed by atoms with Gasteiger partial charge in [0.1, 0.15) is 11.5 Å². The Hall–Kier alpha value is -3.93. The molecule has 1 aliphatic rings. The Kier molecular flexibility index (Phi) is 5.77. The number of amides is 1. The molecule has 6 heteroatoms. The predicted octanol–water partition coefficient (Wildman–Crippen LogP) is 4.72. The van der Waals surface area contributed by atoms with Crippen molar-refractivity contribution >= 4 is 23.1 Å². The zero-order chi connectivity index (χ0) is 22.8. The summed E-state index contributed by atoms with van der Waals surface area (Å²) in [6.07, 6.45) is 3.23. The van der Waals surface area contributed by atoms with Crippen LogP contribution in [-0.4, -0.2) is 28.4 Å². The Morgan fingerprint density at radius 2 is 1.81 bits per heavy atom. The fourth-order valence-corrected chi connectivity index (χ4v) is 3.86. The third kappa shape index (κ3) is 3.75. The number of aliphatic hydroxyl groups excluding tert-OH is 1. The van der Waals surface area contributed by atoms with Crippen molar-refractivity contribution in [1.82, 2.24) is 4.98 Å². The highest BCUT2D eigenvalue weighted by Crippen LogP contribution is 2.42. The number of ketones is 1. The zero-order valence-corrected chi connectivity index (χ0v) is 18.2. The molecule has 3 aromatic rings. The number of rotatable bonds is 5. The van der Waals surface area contributed by atoms with Gasteiger partial charge in [-0.15, -0.1) is 0 Å². The van der Waals surface area contributed by atoms with E-state index in [9.17, 15) is 14.7 Å². The van der Waals surface area contributed by atoms with Crippen LogP contribution in [0.4, 0.5) is 5.69 Å². The first kappa shape index (κ1) is 21.3. The third-order valence-electron chi connectivity index (χ3n) is 5.65. The second-order valence-electron chi connectivity index (χ2n) is 7.68. The minimum atomic E-state index is -0.794. The average Bonchev–Trinajstić information content (AvgIpc) is 3.07. The van der Waals surface area contributed by atoms with E-state index >= 15 is 0 Å². The molecule has 0 aliphatic carbocycles. The zero-order valence-electron chi connectivity index (χ0n) is 18.2. The molecule has 1 unspecified atom stereocenters. The first-order valence-electron chi connectivity index (χ1n) is 10.4. The molecule has 0 bridgehead atoms. The van der Waals surface area contributed by atoms with Crippen molar-refractivity contribution < 1.29 is 19.4 Å². The van der Waals surface area contributed by atoms with Crippen molar-refractivity contribution in [2.24, 2.45) is 0 Å². The van der Waals surface area contributed by atoms with Gasteiger partial charge in [0.25, 0.3) is 11.7 Å². The fourth-order valence-electron chi connectivity index (χ4n) is 3.86. The lowest BCUT2D eigenvalue weighted by molar-refractivity contribution is -0.132. The van der Waals surface area contributed by atoms with Gasteiger partial charge in [-0.2, -0.15) is 0 Å². The molecule has 1 amide bonds. The number of hydrogen-bond acceptors (Lipinski definition) is 5. The van der Waals surface area contributed by atoms with Gasteiger partial charge in [0.15, 0.2) is 0 Å². The molecule has 0 saturated carbocycles. The number of aromatic nitrogens is 1. The Bertz CT molecular complexity index is 1200. The van der Waals surface area contributed by atoms with Gasteiger partial charge in [-0.3, -0.25) is 19.5 Å². The van der Waals surface area contributed by atoms with Crippen LogP contribution in [0.5, 0.6) is 5.75 Å². The van der Waals surface area contributed by atoms with Crippen molar-refractivity contribution in [2.75, 3.05) is 11.5 Å². The summed E-state index contributed by atoms with van der Waals surface area (Å²) in [7, 11) is 0. The summed E-state index contributed by atoms with van der Waals surface area (Å²) in [5.74, 6) is -0.993. The Labute approximate surface area is 186 Å². The summed E-state index contributed by atoms with van der Waals surface area (Å²) in [6, 6.07) is 15.1. The summed E-state index contributed by atoms with van der Waals surface area (Å²) >= 11 is 0. The molecule has 1 N–H and O–H groups in total. The lowest BCUT2D eigenvalue weighted by Crippen LogP contribution is -2.29. The van der Waals surface area contributed by atoms with Gasteiger partial charge in [-0.1, -0.05) is 12.1 Å². The van der Waals surface area contributed by atoms with E-state index in [1.165, 1.54) is 4.90 Å². The lowest BCUT2D eigenvalue weighted by atomic mass is 9.96. The summed E-state index contributed by atoms with van der Waals surface area (Å²) in [5.41, 5.74) is 3.77.